The van der Waals surface area contributed by atoms with Crippen LogP contribution < -0.4 is 5.32 Å². The van der Waals surface area contributed by atoms with Gasteiger partial charge in [0.1, 0.15) is 0 Å². The van der Waals surface area contributed by atoms with E-state index in [1.165, 1.54) is 16.9 Å². The highest BCUT2D eigenvalue weighted by atomic mass is 32.1. The van der Waals surface area contributed by atoms with E-state index in [0.717, 1.165) is 19.4 Å². The van der Waals surface area contributed by atoms with Crippen LogP contribution in [0.2, 0.25) is 0 Å². The first-order chi connectivity index (χ1) is 9.83. The summed E-state index contributed by atoms with van der Waals surface area (Å²) in [6, 6.07) is 10.8. The third kappa shape index (κ3) is 3.05. The van der Waals surface area contributed by atoms with Crippen molar-refractivity contribution in [3.05, 3.63) is 47.5 Å². The molecule has 1 aromatic carbocycles. The maximum atomic E-state index is 12.1. The number of anilines is 1. The van der Waals surface area contributed by atoms with Gasteiger partial charge in [0.25, 0.3) is 0 Å². The molecule has 0 aliphatic carbocycles. The van der Waals surface area contributed by atoms with Crippen LogP contribution in [0.3, 0.4) is 0 Å². The Labute approximate surface area is 122 Å². The Morgan fingerprint density at radius 2 is 2.25 bits per heavy atom. The van der Waals surface area contributed by atoms with Crippen molar-refractivity contribution in [3.8, 4) is 0 Å². The first kappa shape index (κ1) is 13.3. The number of carbonyl (C=O) groups is 1. The van der Waals surface area contributed by atoms with E-state index in [9.17, 15) is 4.79 Å². The van der Waals surface area contributed by atoms with Gasteiger partial charge in [0.15, 0.2) is 5.13 Å². The fourth-order valence-corrected chi connectivity index (χ4v) is 3.24. The van der Waals surface area contributed by atoms with Gasteiger partial charge in [-0.25, -0.2) is 4.98 Å². The fourth-order valence-electron chi connectivity index (χ4n) is 2.70. The standard InChI is InChI=1S/C15H17N3OS/c19-14(17-15-16-8-10-20-15)11-18-9-4-7-13(18)12-5-2-1-3-6-12/h1-3,5-6,8,10,13H,4,7,9,11H2,(H,16,17,19)/t13-/m0/s1. The molecule has 1 amide bonds. The lowest BCUT2D eigenvalue weighted by Crippen LogP contribution is -2.32. The molecule has 0 unspecified atom stereocenters. The summed E-state index contributed by atoms with van der Waals surface area (Å²) in [5.74, 6) is 0.0165. The molecule has 0 spiro atoms. The minimum Gasteiger partial charge on any atom is -0.301 e. The van der Waals surface area contributed by atoms with Gasteiger partial charge in [-0.2, -0.15) is 0 Å². The first-order valence-corrected chi connectivity index (χ1v) is 7.69. The van der Waals surface area contributed by atoms with E-state index in [1.807, 2.05) is 11.4 Å². The molecule has 3 rings (SSSR count). The van der Waals surface area contributed by atoms with Crippen molar-refractivity contribution in [1.82, 2.24) is 9.88 Å². The zero-order valence-electron chi connectivity index (χ0n) is 11.2. The predicted octanol–water partition coefficient (Wildman–Crippen LogP) is 2.92. The van der Waals surface area contributed by atoms with Crippen LogP contribution in [0.1, 0.15) is 24.4 Å². The van der Waals surface area contributed by atoms with Crippen molar-refractivity contribution in [2.24, 2.45) is 0 Å². The van der Waals surface area contributed by atoms with Gasteiger partial charge in [0.05, 0.1) is 6.54 Å². The molecular weight excluding hydrogens is 270 g/mol. The maximum absolute atomic E-state index is 12.1. The molecular formula is C15H17N3OS. The molecule has 0 saturated carbocycles. The number of likely N-dealkylation sites (tertiary alicyclic amines) is 1. The van der Waals surface area contributed by atoms with Crippen molar-refractivity contribution in [3.63, 3.8) is 0 Å². The van der Waals surface area contributed by atoms with Gasteiger partial charge >= 0.3 is 0 Å². The summed E-state index contributed by atoms with van der Waals surface area (Å²) in [7, 11) is 0. The van der Waals surface area contributed by atoms with Crippen LogP contribution in [-0.2, 0) is 4.79 Å². The second-order valence-electron chi connectivity index (χ2n) is 4.92. The molecule has 1 aliphatic rings. The number of hydrogen-bond donors (Lipinski definition) is 1. The Kier molecular flexibility index (Phi) is 4.08. The third-order valence-corrected chi connectivity index (χ3v) is 4.26. The van der Waals surface area contributed by atoms with Gasteiger partial charge in [-0.15, -0.1) is 11.3 Å². The van der Waals surface area contributed by atoms with Gasteiger partial charge in [0.2, 0.25) is 5.91 Å². The number of aromatic nitrogens is 1. The minimum absolute atomic E-state index is 0.0165. The summed E-state index contributed by atoms with van der Waals surface area (Å²) in [5, 5.41) is 5.38. The number of hydrogen-bond acceptors (Lipinski definition) is 4. The molecule has 1 atom stereocenters. The second kappa shape index (κ2) is 6.15. The van der Waals surface area contributed by atoms with Crippen molar-refractivity contribution in [1.29, 1.82) is 0 Å². The SMILES string of the molecule is O=C(CN1CCC[C@H]1c1ccccc1)Nc1nccs1. The van der Waals surface area contributed by atoms with Crippen LogP contribution in [-0.4, -0.2) is 28.9 Å². The molecule has 0 bridgehead atoms. The van der Waals surface area contributed by atoms with Crippen LogP contribution in [0, 0.1) is 0 Å². The zero-order valence-corrected chi connectivity index (χ0v) is 12.0. The summed E-state index contributed by atoms with van der Waals surface area (Å²) in [4.78, 5) is 18.4. The Hall–Kier alpha value is -1.72. The third-order valence-electron chi connectivity index (χ3n) is 3.57. The number of nitrogens with one attached hydrogen (secondary N) is 1. The van der Waals surface area contributed by atoms with Crippen LogP contribution in [0.25, 0.3) is 0 Å². The van der Waals surface area contributed by atoms with Crippen LogP contribution in [0.4, 0.5) is 5.13 Å². The highest BCUT2D eigenvalue weighted by Crippen LogP contribution is 2.31. The van der Waals surface area contributed by atoms with Crippen molar-refractivity contribution in [2.45, 2.75) is 18.9 Å². The number of rotatable bonds is 4. The largest absolute Gasteiger partial charge is 0.301 e. The molecule has 1 aliphatic heterocycles. The number of benzene rings is 1. The number of thiazole rings is 1. The highest BCUT2D eigenvalue weighted by molar-refractivity contribution is 7.13. The monoisotopic (exact) mass is 287 g/mol. The summed E-state index contributed by atoms with van der Waals surface area (Å²) in [5.41, 5.74) is 1.30. The summed E-state index contributed by atoms with van der Waals surface area (Å²) in [6.45, 7) is 1.41. The Balaban J connectivity index is 1.63. The van der Waals surface area contributed by atoms with E-state index in [4.69, 9.17) is 0 Å². The van der Waals surface area contributed by atoms with E-state index in [2.05, 4.69) is 39.5 Å². The van der Waals surface area contributed by atoms with E-state index in [0.29, 0.717) is 17.7 Å². The minimum atomic E-state index is 0.0165. The lowest BCUT2D eigenvalue weighted by atomic mass is 10.0. The topological polar surface area (TPSA) is 45.2 Å². The van der Waals surface area contributed by atoms with Gasteiger partial charge in [-0.05, 0) is 24.9 Å². The van der Waals surface area contributed by atoms with E-state index in [1.54, 1.807) is 6.20 Å². The van der Waals surface area contributed by atoms with Crippen LogP contribution in [0.5, 0.6) is 0 Å². The molecule has 4 nitrogen and oxygen atoms in total. The molecule has 0 radical (unpaired) electrons. The lowest BCUT2D eigenvalue weighted by molar-refractivity contribution is -0.117. The molecule has 104 valence electrons. The number of carbonyl (C=O) groups excluding carboxylic acids is 1. The fraction of sp³-hybridized carbons (Fsp3) is 0.333. The first-order valence-electron chi connectivity index (χ1n) is 6.81. The molecule has 1 N–H and O–H groups in total. The quantitative estimate of drug-likeness (QED) is 0.940. The predicted molar refractivity (Wildman–Crippen MR) is 80.7 cm³/mol. The zero-order chi connectivity index (χ0) is 13.8. The molecule has 20 heavy (non-hydrogen) atoms. The van der Waals surface area contributed by atoms with Gasteiger partial charge in [-0.3, -0.25) is 9.69 Å². The normalized spacial score (nSPS) is 19.1. The van der Waals surface area contributed by atoms with E-state index < -0.39 is 0 Å². The van der Waals surface area contributed by atoms with Crippen molar-refractivity contribution >= 4 is 22.4 Å². The van der Waals surface area contributed by atoms with E-state index in [-0.39, 0.29) is 5.91 Å². The number of nitrogens with zero attached hydrogens (tertiary/aromatic N) is 2. The number of amides is 1. The lowest BCUT2D eigenvalue weighted by Gasteiger charge is -2.23. The summed E-state index contributed by atoms with van der Waals surface area (Å²) in [6.07, 6.45) is 3.96. The Morgan fingerprint density at radius 1 is 1.40 bits per heavy atom. The van der Waals surface area contributed by atoms with Crippen molar-refractivity contribution in [2.75, 3.05) is 18.4 Å². The second-order valence-corrected chi connectivity index (χ2v) is 5.82. The molecule has 2 aromatic rings. The molecule has 5 heteroatoms. The smallest absolute Gasteiger partial charge is 0.240 e. The van der Waals surface area contributed by atoms with Crippen LogP contribution >= 0.6 is 11.3 Å². The maximum Gasteiger partial charge on any atom is 0.240 e. The molecule has 1 fully saturated rings. The van der Waals surface area contributed by atoms with Gasteiger partial charge < -0.3 is 5.32 Å². The Bertz CT molecular complexity index is 556. The Morgan fingerprint density at radius 3 is 3.00 bits per heavy atom. The average molecular weight is 287 g/mol. The van der Waals surface area contributed by atoms with Crippen molar-refractivity contribution < 1.29 is 4.79 Å². The van der Waals surface area contributed by atoms with Crippen LogP contribution in [0.15, 0.2) is 41.9 Å². The highest BCUT2D eigenvalue weighted by Gasteiger charge is 2.27. The van der Waals surface area contributed by atoms with Gasteiger partial charge in [-0.1, -0.05) is 30.3 Å². The van der Waals surface area contributed by atoms with E-state index >= 15 is 0 Å². The summed E-state index contributed by atoms with van der Waals surface area (Å²) < 4.78 is 0. The van der Waals surface area contributed by atoms with Gasteiger partial charge in [0, 0.05) is 17.6 Å². The molecule has 1 aromatic heterocycles. The average Bonchev–Trinajstić information content (AvgIpc) is 3.11. The summed E-state index contributed by atoms with van der Waals surface area (Å²) >= 11 is 1.44. The molecule has 2 heterocycles. The molecule has 1 saturated heterocycles.